The lowest BCUT2D eigenvalue weighted by Gasteiger charge is -2.38. The molecule has 0 saturated heterocycles. The SMILES string of the molecule is Cc1ccc(CO)cc1NC(=O)C1CCC2CCCCC2C1. The molecule has 3 rings (SSSR count). The normalized spacial score (nSPS) is 28.0. The first-order valence-corrected chi connectivity index (χ1v) is 8.68. The maximum absolute atomic E-state index is 12.6. The monoisotopic (exact) mass is 301 g/mol. The van der Waals surface area contributed by atoms with Crippen LogP contribution in [-0.2, 0) is 11.4 Å². The molecule has 3 unspecified atom stereocenters. The number of hydrogen-bond acceptors (Lipinski definition) is 2. The van der Waals surface area contributed by atoms with Gasteiger partial charge in [0.05, 0.1) is 6.61 Å². The van der Waals surface area contributed by atoms with Gasteiger partial charge in [-0.15, -0.1) is 0 Å². The van der Waals surface area contributed by atoms with Crippen LogP contribution in [0.15, 0.2) is 18.2 Å². The van der Waals surface area contributed by atoms with E-state index in [0.717, 1.165) is 41.5 Å². The van der Waals surface area contributed by atoms with E-state index in [1.54, 1.807) is 0 Å². The highest BCUT2D eigenvalue weighted by Gasteiger charge is 2.35. The Morgan fingerprint density at radius 2 is 1.95 bits per heavy atom. The molecular formula is C19H27NO2. The minimum absolute atomic E-state index is 0.0103. The molecule has 2 N–H and O–H groups in total. The van der Waals surface area contributed by atoms with E-state index in [1.807, 2.05) is 25.1 Å². The molecule has 1 amide bonds. The Bertz CT molecular complexity index is 540. The molecule has 1 aromatic carbocycles. The van der Waals surface area contributed by atoms with Crippen LogP contribution in [0.3, 0.4) is 0 Å². The highest BCUT2D eigenvalue weighted by Crippen LogP contribution is 2.42. The minimum atomic E-state index is 0.0103. The number of fused-ring (bicyclic) bond motifs is 1. The van der Waals surface area contributed by atoms with Crippen molar-refractivity contribution in [2.45, 2.75) is 58.5 Å². The average Bonchev–Trinajstić information content (AvgIpc) is 2.56. The van der Waals surface area contributed by atoms with E-state index >= 15 is 0 Å². The number of aryl methyl sites for hydroxylation is 1. The van der Waals surface area contributed by atoms with Gasteiger partial charge in [0.2, 0.25) is 5.91 Å². The van der Waals surface area contributed by atoms with Crippen molar-refractivity contribution >= 4 is 11.6 Å². The van der Waals surface area contributed by atoms with Crippen LogP contribution in [-0.4, -0.2) is 11.0 Å². The van der Waals surface area contributed by atoms with E-state index in [4.69, 9.17) is 0 Å². The Morgan fingerprint density at radius 3 is 2.73 bits per heavy atom. The van der Waals surface area contributed by atoms with E-state index in [-0.39, 0.29) is 18.4 Å². The lowest BCUT2D eigenvalue weighted by Crippen LogP contribution is -2.34. The predicted octanol–water partition coefficient (Wildman–Crippen LogP) is 4.03. The van der Waals surface area contributed by atoms with Crippen molar-refractivity contribution in [3.8, 4) is 0 Å². The molecule has 0 radical (unpaired) electrons. The van der Waals surface area contributed by atoms with Crippen molar-refractivity contribution in [2.24, 2.45) is 17.8 Å². The van der Waals surface area contributed by atoms with Gasteiger partial charge >= 0.3 is 0 Å². The van der Waals surface area contributed by atoms with Crippen LogP contribution >= 0.6 is 0 Å². The van der Waals surface area contributed by atoms with Crippen LogP contribution < -0.4 is 5.32 Å². The van der Waals surface area contributed by atoms with Gasteiger partial charge in [-0.25, -0.2) is 0 Å². The number of carbonyl (C=O) groups excluding carboxylic acids is 1. The van der Waals surface area contributed by atoms with Gasteiger partial charge in [-0.05, 0) is 55.2 Å². The molecule has 0 bridgehead atoms. The number of amides is 1. The second-order valence-corrected chi connectivity index (χ2v) is 7.11. The van der Waals surface area contributed by atoms with Crippen LogP contribution in [0.1, 0.15) is 56.1 Å². The fraction of sp³-hybridized carbons (Fsp3) is 0.632. The molecule has 2 aliphatic rings. The molecule has 0 aliphatic heterocycles. The summed E-state index contributed by atoms with van der Waals surface area (Å²) in [6, 6.07) is 5.75. The Hall–Kier alpha value is -1.35. The standard InChI is InChI=1S/C19H27NO2/c1-13-6-7-14(12-21)10-18(13)20-19(22)17-9-8-15-4-2-3-5-16(15)11-17/h6-7,10,15-17,21H,2-5,8-9,11-12H2,1H3,(H,20,22). The van der Waals surface area contributed by atoms with Gasteiger partial charge in [-0.1, -0.05) is 37.8 Å². The Labute approximate surface area is 133 Å². The van der Waals surface area contributed by atoms with Crippen LogP contribution in [0.25, 0.3) is 0 Å². The molecule has 2 saturated carbocycles. The van der Waals surface area contributed by atoms with Crippen molar-refractivity contribution < 1.29 is 9.90 Å². The number of nitrogens with one attached hydrogen (secondary N) is 1. The minimum Gasteiger partial charge on any atom is -0.392 e. The fourth-order valence-electron chi connectivity index (χ4n) is 4.25. The molecule has 22 heavy (non-hydrogen) atoms. The number of benzene rings is 1. The molecule has 1 aromatic rings. The second-order valence-electron chi connectivity index (χ2n) is 7.11. The molecule has 0 heterocycles. The third kappa shape index (κ3) is 3.35. The van der Waals surface area contributed by atoms with Crippen LogP contribution in [0.4, 0.5) is 5.69 Å². The number of aliphatic hydroxyl groups excluding tert-OH is 1. The molecule has 0 aromatic heterocycles. The van der Waals surface area contributed by atoms with Crippen molar-refractivity contribution in [1.29, 1.82) is 0 Å². The zero-order chi connectivity index (χ0) is 15.5. The van der Waals surface area contributed by atoms with Crippen molar-refractivity contribution in [3.05, 3.63) is 29.3 Å². The molecule has 3 nitrogen and oxygen atoms in total. The molecule has 3 atom stereocenters. The highest BCUT2D eigenvalue weighted by molar-refractivity contribution is 5.93. The second kappa shape index (κ2) is 6.82. The summed E-state index contributed by atoms with van der Waals surface area (Å²) in [5.74, 6) is 1.97. The van der Waals surface area contributed by atoms with Crippen LogP contribution in [0, 0.1) is 24.7 Å². The first kappa shape index (κ1) is 15.5. The Kier molecular flexibility index (Phi) is 4.82. The number of anilines is 1. The van der Waals surface area contributed by atoms with Crippen LogP contribution in [0.2, 0.25) is 0 Å². The third-order valence-electron chi connectivity index (χ3n) is 5.65. The zero-order valence-corrected chi connectivity index (χ0v) is 13.5. The predicted molar refractivity (Wildman–Crippen MR) is 88.5 cm³/mol. The highest BCUT2D eigenvalue weighted by atomic mass is 16.3. The topological polar surface area (TPSA) is 49.3 Å². The van der Waals surface area contributed by atoms with Gasteiger partial charge in [0, 0.05) is 11.6 Å². The average molecular weight is 301 g/mol. The molecular weight excluding hydrogens is 274 g/mol. The number of rotatable bonds is 3. The summed E-state index contributed by atoms with van der Waals surface area (Å²) in [4.78, 5) is 12.6. The Morgan fingerprint density at radius 1 is 1.18 bits per heavy atom. The molecule has 2 fully saturated rings. The van der Waals surface area contributed by atoms with Crippen LogP contribution in [0.5, 0.6) is 0 Å². The summed E-state index contributed by atoms with van der Waals surface area (Å²) in [6.07, 6.45) is 8.72. The van der Waals surface area contributed by atoms with Gasteiger partial charge in [0.15, 0.2) is 0 Å². The first-order chi connectivity index (χ1) is 10.7. The van der Waals surface area contributed by atoms with E-state index in [9.17, 15) is 9.90 Å². The quantitative estimate of drug-likeness (QED) is 0.885. The Balaban J connectivity index is 1.64. The smallest absolute Gasteiger partial charge is 0.227 e. The summed E-state index contributed by atoms with van der Waals surface area (Å²) in [6.45, 7) is 2.01. The van der Waals surface area contributed by atoms with Crippen molar-refractivity contribution in [1.82, 2.24) is 0 Å². The molecule has 2 aliphatic carbocycles. The van der Waals surface area contributed by atoms with Gasteiger partial charge in [0.1, 0.15) is 0 Å². The summed E-state index contributed by atoms with van der Waals surface area (Å²) in [7, 11) is 0. The van der Waals surface area contributed by atoms with Gasteiger partial charge in [-0.3, -0.25) is 4.79 Å². The summed E-state index contributed by atoms with van der Waals surface area (Å²) in [5.41, 5.74) is 2.75. The number of carbonyl (C=O) groups is 1. The molecule has 0 spiro atoms. The fourth-order valence-corrected chi connectivity index (χ4v) is 4.25. The third-order valence-corrected chi connectivity index (χ3v) is 5.65. The summed E-state index contributed by atoms with van der Waals surface area (Å²) >= 11 is 0. The van der Waals surface area contributed by atoms with Gasteiger partial charge in [-0.2, -0.15) is 0 Å². The zero-order valence-electron chi connectivity index (χ0n) is 13.5. The maximum atomic E-state index is 12.6. The lowest BCUT2D eigenvalue weighted by atomic mass is 9.67. The van der Waals surface area contributed by atoms with Crippen molar-refractivity contribution in [3.63, 3.8) is 0 Å². The molecule has 120 valence electrons. The summed E-state index contributed by atoms with van der Waals surface area (Å²) < 4.78 is 0. The van der Waals surface area contributed by atoms with Gasteiger partial charge in [0.25, 0.3) is 0 Å². The maximum Gasteiger partial charge on any atom is 0.227 e. The number of aliphatic hydroxyl groups is 1. The van der Waals surface area contributed by atoms with Gasteiger partial charge < -0.3 is 10.4 Å². The van der Waals surface area contributed by atoms with Crippen molar-refractivity contribution in [2.75, 3.05) is 5.32 Å². The van der Waals surface area contributed by atoms with E-state index < -0.39 is 0 Å². The largest absolute Gasteiger partial charge is 0.392 e. The lowest BCUT2D eigenvalue weighted by molar-refractivity contribution is -0.122. The first-order valence-electron chi connectivity index (χ1n) is 8.68. The van der Waals surface area contributed by atoms with E-state index in [1.165, 1.54) is 32.1 Å². The summed E-state index contributed by atoms with van der Waals surface area (Å²) in [5, 5.41) is 12.4. The van der Waals surface area contributed by atoms with E-state index in [2.05, 4.69) is 5.32 Å². The van der Waals surface area contributed by atoms with E-state index in [0.29, 0.717) is 0 Å². The number of hydrogen-bond donors (Lipinski definition) is 2. The molecule has 3 heteroatoms.